The SMILES string of the molecule is COc1cc(N(C(=O)O)C(C)(C)C)ccc1B1OC(C)(C)C(C)(C)O1. The zero-order valence-corrected chi connectivity index (χ0v) is 16.3. The molecule has 1 amide bonds. The minimum Gasteiger partial charge on any atom is -0.497 e. The normalized spacial score (nSPS) is 19.0. The van der Waals surface area contributed by atoms with Crippen molar-refractivity contribution < 1.29 is 23.9 Å². The van der Waals surface area contributed by atoms with Crippen molar-refractivity contribution >= 4 is 24.4 Å². The van der Waals surface area contributed by atoms with E-state index in [1.165, 1.54) is 4.90 Å². The highest BCUT2D eigenvalue weighted by Crippen LogP contribution is 2.37. The van der Waals surface area contributed by atoms with Crippen LogP contribution in [0, 0.1) is 0 Å². The lowest BCUT2D eigenvalue weighted by molar-refractivity contribution is 0.00578. The van der Waals surface area contributed by atoms with Crippen molar-refractivity contribution in [2.24, 2.45) is 0 Å². The topological polar surface area (TPSA) is 68.2 Å². The molecule has 1 fully saturated rings. The largest absolute Gasteiger partial charge is 0.498 e. The van der Waals surface area contributed by atoms with E-state index in [4.69, 9.17) is 14.0 Å². The number of hydrogen-bond donors (Lipinski definition) is 1. The van der Waals surface area contributed by atoms with Gasteiger partial charge in [0.2, 0.25) is 0 Å². The van der Waals surface area contributed by atoms with Crippen LogP contribution in [-0.4, -0.2) is 42.2 Å². The summed E-state index contributed by atoms with van der Waals surface area (Å²) in [5.74, 6) is 0.534. The van der Waals surface area contributed by atoms with E-state index >= 15 is 0 Å². The van der Waals surface area contributed by atoms with Gasteiger partial charge < -0.3 is 19.2 Å². The van der Waals surface area contributed by atoms with Crippen LogP contribution in [0.3, 0.4) is 0 Å². The van der Waals surface area contributed by atoms with Gasteiger partial charge in [0.05, 0.1) is 24.0 Å². The summed E-state index contributed by atoms with van der Waals surface area (Å²) >= 11 is 0. The van der Waals surface area contributed by atoms with Crippen molar-refractivity contribution in [3.05, 3.63) is 18.2 Å². The van der Waals surface area contributed by atoms with Crippen molar-refractivity contribution in [1.29, 1.82) is 0 Å². The average molecular weight is 349 g/mol. The van der Waals surface area contributed by atoms with Crippen LogP contribution in [0.4, 0.5) is 10.5 Å². The Morgan fingerprint density at radius 1 is 1.16 bits per heavy atom. The van der Waals surface area contributed by atoms with Crippen LogP contribution in [0.2, 0.25) is 0 Å². The lowest BCUT2D eigenvalue weighted by Gasteiger charge is -2.33. The van der Waals surface area contributed by atoms with Crippen molar-refractivity contribution in [1.82, 2.24) is 0 Å². The number of nitrogens with zero attached hydrogens (tertiary/aromatic N) is 1. The molecule has 1 aliphatic heterocycles. The second-order valence-corrected chi connectivity index (χ2v) is 8.30. The Bertz CT molecular complexity index is 650. The second kappa shape index (κ2) is 6.22. The summed E-state index contributed by atoms with van der Waals surface area (Å²) in [4.78, 5) is 13.0. The van der Waals surface area contributed by atoms with E-state index in [-0.39, 0.29) is 0 Å². The Balaban J connectivity index is 2.43. The highest BCUT2D eigenvalue weighted by Gasteiger charge is 2.52. The fourth-order valence-electron chi connectivity index (χ4n) is 2.79. The maximum Gasteiger partial charge on any atom is 0.498 e. The van der Waals surface area contributed by atoms with Gasteiger partial charge >= 0.3 is 13.2 Å². The molecule has 1 heterocycles. The monoisotopic (exact) mass is 349 g/mol. The van der Waals surface area contributed by atoms with Gasteiger partial charge in [0.1, 0.15) is 5.75 Å². The number of anilines is 1. The lowest BCUT2D eigenvalue weighted by Crippen LogP contribution is -2.45. The van der Waals surface area contributed by atoms with E-state index in [0.717, 1.165) is 5.46 Å². The molecule has 0 spiro atoms. The fraction of sp³-hybridized carbons (Fsp3) is 0.611. The molecule has 2 rings (SSSR count). The summed E-state index contributed by atoms with van der Waals surface area (Å²) in [7, 11) is 0.984. The molecule has 1 aromatic rings. The summed E-state index contributed by atoms with van der Waals surface area (Å²) in [5, 5.41) is 9.58. The minimum atomic E-state index is -1.02. The number of amides is 1. The molecule has 0 unspecified atom stereocenters. The third-order valence-electron chi connectivity index (χ3n) is 4.84. The maximum absolute atomic E-state index is 11.7. The highest BCUT2D eigenvalue weighted by molar-refractivity contribution is 6.63. The first kappa shape index (κ1) is 19.6. The number of benzene rings is 1. The van der Waals surface area contributed by atoms with Crippen LogP contribution in [0.15, 0.2) is 18.2 Å². The van der Waals surface area contributed by atoms with Crippen LogP contribution < -0.4 is 15.1 Å². The Morgan fingerprint density at radius 2 is 1.68 bits per heavy atom. The molecule has 1 aromatic carbocycles. The first-order valence-corrected chi connectivity index (χ1v) is 8.37. The van der Waals surface area contributed by atoms with Gasteiger partial charge in [-0.05, 0) is 54.5 Å². The first-order chi connectivity index (χ1) is 11.3. The quantitative estimate of drug-likeness (QED) is 0.849. The van der Waals surface area contributed by atoms with Crippen molar-refractivity contribution in [2.45, 2.75) is 65.2 Å². The predicted molar refractivity (Wildman–Crippen MR) is 99.0 cm³/mol. The smallest absolute Gasteiger partial charge is 0.497 e. The van der Waals surface area contributed by atoms with Gasteiger partial charge in [-0.1, -0.05) is 6.07 Å². The Hall–Kier alpha value is -1.73. The third kappa shape index (κ3) is 3.62. The lowest BCUT2D eigenvalue weighted by atomic mass is 9.78. The number of hydrogen-bond acceptors (Lipinski definition) is 4. The van der Waals surface area contributed by atoms with Crippen molar-refractivity contribution in [3.8, 4) is 5.75 Å². The van der Waals surface area contributed by atoms with Crippen molar-refractivity contribution in [3.63, 3.8) is 0 Å². The second-order valence-electron chi connectivity index (χ2n) is 8.30. The third-order valence-corrected chi connectivity index (χ3v) is 4.84. The molecule has 1 aliphatic rings. The highest BCUT2D eigenvalue weighted by atomic mass is 16.7. The maximum atomic E-state index is 11.7. The summed E-state index contributed by atoms with van der Waals surface area (Å²) in [6.07, 6.45) is -1.02. The van der Waals surface area contributed by atoms with Crippen LogP contribution in [-0.2, 0) is 9.31 Å². The summed E-state index contributed by atoms with van der Waals surface area (Å²) in [5.41, 5.74) is -0.219. The zero-order chi connectivity index (χ0) is 19.2. The van der Waals surface area contributed by atoms with Crippen LogP contribution in [0.5, 0.6) is 5.75 Å². The van der Waals surface area contributed by atoms with Crippen LogP contribution >= 0.6 is 0 Å². The molecule has 0 saturated carbocycles. The predicted octanol–water partition coefficient (Wildman–Crippen LogP) is 3.28. The molecule has 0 radical (unpaired) electrons. The van der Waals surface area contributed by atoms with E-state index in [1.807, 2.05) is 48.5 Å². The molecule has 0 aliphatic carbocycles. The molecule has 25 heavy (non-hydrogen) atoms. The molecule has 0 aromatic heterocycles. The van der Waals surface area contributed by atoms with Crippen molar-refractivity contribution in [2.75, 3.05) is 12.0 Å². The molecule has 7 heteroatoms. The zero-order valence-electron chi connectivity index (χ0n) is 16.3. The van der Waals surface area contributed by atoms with Gasteiger partial charge in [0.25, 0.3) is 0 Å². The number of ether oxygens (including phenoxy) is 1. The van der Waals surface area contributed by atoms with E-state index in [1.54, 1.807) is 25.3 Å². The molecule has 6 nitrogen and oxygen atoms in total. The molecule has 1 N–H and O–H groups in total. The Morgan fingerprint density at radius 3 is 2.08 bits per heavy atom. The van der Waals surface area contributed by atoms with Gasteiger partial charge in [-0.15, -0.1) is 0 Å². The fourth-order valence-corrected chi connectivity index (χ4v) is 2.79. The first-order valence-electron chi connectivity index (χ1n) is 8.37. The van der Waals surface area contributed by atoms with Crippen LogP contribution in [0.1, 0.15) is 48.5 Å². The molecule has 0 atom stereocenters. The number of methoxy groups -OCH3 is 1. The van der Waals surface area contributed by atoms with Gasteiger partial charge in [0.15, 0.2) is 0 Å². The van der Waals surface area contributed by atoms with E-state index in [9.17, 15) is 9.90 Å². The molecular weight excluding hydrogens is 321 g/mol. The summed E-state index contributed by atoms with van der Waals surface area (Å²) in [6.45, 7) is 13.5. The standard InChI is InChI=1S/C18H28BNO5/c1-16(2,3)20(15(21)22)12-9-10-13(14(11-12)23-8)19-24-17(4,5)18(6,7)25-19/h9-11H,1-8H3,(H,21,22). The van der Waals surface area contributed by atoms with Crippen LogP contribution in [0.25, 0.3) is 0 Å². The number of rotatable bonds is 3. The number of carbonyl (C=O) groups is 1. The molecule has 138 valence electrons. The van der Waals surface area contributed by atoms with Gasteiger partial charge in [-0.25, -0.2) is 4.79 Å². The van der Waals surface area contributed by atoms with Gasteiger partial charge in [0, 0.05) is 17.1 Å². The summed E-state index contributed by atoms with van der Waals surface area (Å²) < 4.78 is 17.6. The van der Waals surface area contributed by atoms with E-state index < -0.39 is 30.0 Å². The summed E-state index contributed by atoms with van der Waals surface area (Å²) in [6, 6.07) is 5.26. The van der Waals surface area contributed by atoms with E-state index in [0.29, 0.717) is 11.4 Å². The number of carboxylic acid groups (broad SMARTS) is 1. The minimum absolute atomic E-state index is 0.458. The Labute approximate surface area is 150 Å². The van der Waals surface area contributed by atoms with Gasteiger partial charge in [-0.3, -0.25) is 4.90 Å². The van der Waals surface area contributed by atoms with Gasteiger partial charge in [-0.2, -0.15) is 0 Å². The molecule has 0 bridgehead atoms. The molecular formula is C18H28BNO5. The molecule has 1 saturated heterocycles. The average Bonchev–Trinajstić information content (AvgIpc) is 2.65. The Kier molecular flexibility index (Phi) is 4.87. The van der Waals surface area contributed by atoms with E-state index in [2.05, 4.69) is 0 Å².